The molecule has 3 atom stereocenters. The molecule has 41 heavy (non-hydrogen) atoms. The molecule has 2 aromatic rings. The van der Waals surface area contributed by atoms with E-state index in [1.165, 1.54) is 0 Å². The fourth-order valence-corrected chi connectivity index (χ4v) is 6.96. The number of rotatable bonds is 10. The summed E-state index contributed by atoms with van der Waals surface area (Å²) in [5, 5.41) is 0.108. The van der Waals surface area contributed by atoms with E-state index < -0.39 is 30.4 Å². The number of hydrogen-bond acceptors (Lipinski definition) is 6. The summed E-state index contributed by atoms with van der Waals surface area (Å²) in [6, 6.07) is 15.0. The maximum absolute atomic E-state index is 13.7. The van der Waals surface area contributed by atoms with Gasteiger partial charge in [0, 0.05) is 25.2 Å². The third kappa shape index (κ3) is 9.48. The first-order valence-electron chi connectivity index (χ1n) is 14.6. The lowest BCUT2D eigenvalue weighted by Crippen LogP contribution is -2.55. The van der Waals surface area contributed by atoms with Gasteiger partial charge in [0.05, 0.1) is 4.90 Å². The molecular formula is C32H50N2O5SSi. The van der Waals surface area contributed by atoms with Crippen molar-refractivity contribution >= 4 is 24.3 Å². The third-order valence-corrected chi connectivity index (χ3v) is 14.4. The molecule has 0 aromatic heterocycles. The lowest BCUT2D eigenvalue weighted by molar-refractivity contribution is -0.156. The van der Waals surface area contributed by atoms with Crippen LogP contribution in [0.3, 0.4) is 0 Å². The molecule has 1 aliphatic heterocycles. The summed E-state index contributed by atoms with van der Waals surface area (Å²) in [6.07, 6.45) is 0.499. The Labute approximate surface area is 249 Å². The molecule has 0 amide bonds. The average molecular weight is 603 g/mol. The Kier molecular flexibility index (Phi) is 10.7. The molecule has 1 N–H and O–H groups in total. The lowest BCUT2D eigenvalue weighted by Gasteiger charge is -2.45. The van der Waals surface area contributed by atoms with E-state index in [2.05, 4.69) is 64.3 Å². The van der Waals surface area contributed by atoms with Crippen LogP contribution in [-0.2, 0) is 30.4 Å². The fraction of sp³-hybridized carbons (Fsp3) is 0.594. The number of esters is 1. The van der Waals surface area contributed by atoms with Crippen LogP contribution in [0.25, 0.3) is 0 Å². The van der Waals surface area contributed by atoms with Crippen molar-refractivity contribution in [1.82, 2.24) is 9.62 Å². The summed E-state index contributed by atoms with van der Waals surface area (Å²) in [5.41, 5.74) is 1.69. The SMILES string of the molecule is Cc1ccc(S(=O)(=O)N[C@@H](Cc2ccccc2)C(=O)O[C@H]2C[C@@H](CO[Si](C)(C)C(C)(C)C)CN(C(C)(C)C)C2)cc1. The summed E-state index contributed by atoms with van der Waals surface area (Å²) < 4.78 is 41.9. The highest BCUT2D eigenvalue weighted by Crippen LogP contribution is 2.37. The van der Waals surface area contributed by atoms with Gasteiger partial charge in [0.1, 0.15) is 12.1 Å². The quantitative estimate of drug-likeness (QED) is 0.268. The van der Waals surface area contributed by atoms with Crippen molar-refractivity contribution in [2.45, 2.75) is 102 Å². The summed E-state index contributed by atoms with van der Waals surface area (Å²) >= 11 is 0. The summed E-state index contributed by atoms with van der Waals surface area (Å²) in [5.74, 6) is -0.360. The van der Waals surface area contributed by atoms with Gasteiger partial charge in [-0.2, -0.15) is 4.72 Å². The number of carbonyl (C=O) groups excluding carboxylic acids is 1. The van der Waals surface area contributed by atoms with Gasteiger partial charge in [-0.05, 0) is 82.3 Å². The minimum absolute atomic E-state index is 0.108. The topological polar surface area (TPSA) is 84.9 Å². The van der Waals surface area contributed by atoms with Crippen molar-refractivity contribution in [1.29, 1.82) is 0 Å². The first-order valence-corrected chi connectivity index (χ1v) is 19.0. The number of benzene rings is 2. The number of hydrogen-bond donors (Lipinski definition) is 1. The van der Waals surface area contributed by atoms with E-state index in [4.69, 9.17) is 9.16 Å². The second-order valence-electron chi connectivity index (χ2n) is 14.0. The van der Waals surface area contributed by atoms with Crippen molar-refractivity contribution in [3.8, 4) is 0 Å². The van der Waals surface area contributed by atoms with Gasteiger partial charge in [-0.1, -0.05) is 68.8 Å². The standard InChI is InChI=1S/C32H50N2O5SSi/c1-24-15-17-28(18-16-24)40(36,37)33-29(20-25-13-11-10-12-14-25)30(35)39-27-19-26(21-34(22-27)31(2,3)4)23-38-41(8,9)32(5,6)7/h10-18,26-27,29,33H,19-23H2,1-9H3/t26-,27+,29+/m1/s1. The normalized spacial score (nSPS) is 20.0. The predicted molar refractivity (Wildman–Crippen MR) is 168 cm³/mol. The minimum atomic E-state index is -3.94. The van der Waals surface area contributed by atoms with Crippen LogP contribution in [0.15, 0.2) is 59.5 Å². The third-order valence-electron chi connectivity index (χ3n) is 8.41. The van der Waals surface area contributed by atoms with Gasteiger partial charge >= 0.3 is 5.97 Å². The van der Waals surface area contributed by atoms with E-state index in [1.54, 1.807) is 24.3 Å². The Hall–Kier alpha value is -2.04. The Morgan fingerprint density at radius 1 is 1.00 bits per heavy atom. The minimum Gasteiger partial charge on any atom is -0.460 e. The maximum atomic E-state index is 13.7. The first kappa shape index (κ1) is 33.5. The smallest absolute Gasteiger partial charge is 0.324 e. The maximum Gasteiger partial charge on any atom is 0.324 e. The molecule has 2 aromatic carbocycles. The van der Waals surface area contributed by atoms with Crippen LogP contribution in [0.5, 0.6) is 0 Å². The number of likely N-dealkylation sites (tertiary alicyclic amines) is 1. The summed E-state index contributed by atoms with van der Waals surface area (Å²) in [4.78, 5) is 16.2. The predicted octanol–water partition coefficient (Wildman–Crippen LogP) is 5.94. The number of piperidine rings is 1. The van der Waals surface area contributed by atoms with Crippen LogP contribution >= 0.6 is 0 Å². The molecule has 0 unspecified atom stereocenters. The number of nitrogens with zero attached hydrogens (tertiary/aromatic N) is 1. The Morgan fingerprint density at radius 3 is 2.17 bits per heavy atom. The van der Waals surface area contributed by atoms with Gasteiger partial charge in [0.25, 0.3) is 0 Å². The van der Waals surface area contributed by atoms with Crippen LogP contribution < -0.4 is 4.72 Å². The number of nitrogens with one attached hydrogen (secondary N) is 1. The highest BCUT2D eigenvalue weighted by atomic mass is 32.2. The molecule has 0 radical (unpaired) electrons. The molecule has 0 saturated carbocycles. The zero-order valence-electron chi connectivity index (χ0n) is 26.4. The molecule has 0 aliphatic carbocycles. The van der Waals surface area contributed by atoms with Gasteiger partial charge in [-0.15, -0.1) is 0 Å². The van der Waals surface area contributed by atoms with Crippen molar-refractivity contribution in [3.05, 3.63) is 65.7 Å². The van der Waals surface area contributed by atoms with Crippen molar-refractivity contribution < 1.29 is 22.4 Å². The van der Waals surface area contributed by atoms with Crippen molar-refractivity contribution in [2.24, 2.45) is 5.92 Å². The number of ether oxygens (including phenoxy) is 1. The van der Waals surface area contributed by atoms with Crippen molar-refractivity contribution in [2.75, 3.05) is 19.7 Å². The summed E-state index contributed by atoms with van der Waals surface area (Å²) in [7, 11) is -5.88. The number of sulfonamides is 1. The van der Waals surface area contributed by atoms with Crippen LogP contribution in [0.1, 0.15) is 59.1 Å². The zero-order valence-corrected chi connectivity index (χ0v) is 28.2. The average Bonchev–Trinajstić information content (AvgIpc) is 2.86. The monoisotopic (exact) mass is 602 g/mol. The van der Waals surface area contributed by atoms with E-state index in [9.17, 15) is 13.2 Å². The molecular weight excluding hydrogens is 553 g/mol. The van der Waals surface area contributed by atoms with Crippen LogP contribution in [0.2, 0.25) is 18.1 Å². The molecule has 0 spiro atoms. The van der Waals surface area contributed by atoms with Crippen LogP contribution in [-0.4, -0.2) is 65.0 Å². The molecule has 9 heteroatoms. The van der Waals surface area contributed by atoms with E-state index in [0.717, 1.165) is 17.7 Å². The highest BCUT2D eigenvalue weighted by molar-refractivity contribution is 7.89. The Bertz CT molecular complexity index is 1250. The molecule has 7 nitrogen and oxygen atoms in total. The largest absolute Gasteiger partial charge is 0.460 e. The Balaban J connectivity index is 1.81. The zero-order chi connectivity index (χ0) is 30.6. The second kappa shape index (κ2) is 13.1. The molecule has 0 bridgehead atoms. The fourth-order valence-electron chi connectivity index (χ4n) is 4.69. The van der Waals surface area contributed by atoms with E-state index >= 15 is 0 Å². The first-order chi connectivity index (χ1) is 18.9. The second-order valence-corrected chi connectivity index (χ2v) is 20.5. The number of aryl methyl sites for hydroxylation is 1. The molecule has 1 fully saturated rings. The Morgan fingerprint density at radius 2 is 1.61 bits per heavy atom. The highest BCUT2D eigenvalue weighted by Gasteiger charge is 2.40. The van der Waals surface area contributed by atoms with Gasteiger partial charge < -0.3 is 9.16 Å². The van der Waals surface area contributed by atoms with Crippen LogP contribution in [0.4, 0.5) is 0 Å². The van der Waals surface area contributed by atoms with Gasteiger partial charge in [0.2, 0.25) is 10.0 Å². The molecule has 1 heterocycles. The molecule has 1 aliphatic rings. The molecule has 3 rings (SSSR count). The van der Waals surface area contributed by atoms with E-state index in [1.807, 2.05) is 37.3 Å². The van der Waals surface area contributed by atoms with Crippen LogP contribution in [0, 0.1) is 12.8 Å². The van der Waals surface area contributed by atoms with Crippen molar-refractivity contribution in [3.63, 3.8) is 0 Å². The van der Waals surface area contributed by atoms with Gasteiger partial charge in [-0.3, -0.25) is 9.69 Å². The van der Waals surface area contributed by atoms with E-state index in [0.29, 0.717) is 19.6 Å². The van der Waals surface area contributed by atoms with Gasteiger partial charge in [-0.25, -0.2) is 8.42 Å². The molecule has 1 saturated heterocycles. The lowest BCUT2D eigenvalue weighted by atomic mass is 9.92. The summed E-state index contributed by atoms with van der Waals surface area (Å²) in [6.45, 7) is 21.7. The molecule has 228 valence electrons. The number of carbonyl (C=O) groups is 1. The van der Waals surface area contributed by atoms with E-state index in [-0.39, 0.29) is 33.9 Å². The van der Waals surface area contributed by atoms with Gasteiger partial charge in [0.15, 0.2) is 8.32 Å².